The van der Waals surface area contributed by atoms with Gasteiger partial charge in [0.25, 0.3) is 0 Å². The average Bonchev–Trinajstić information content (AvgIpc) is 2.36. The van der Waals surface area contributed by atoms with E-state index in [1.165, 1.54) is 6.92 Å². The van der Waals surface area contributed by atoms with Crippen molar-refractivity contribution in [1.82, 2.24) is 5.32 Å². The molecule has 0 aromatic heterocycles. The van der Waals surface area contributed by atoms with Crippen LogP contribution in [0.15, 0.2) is 30.3 Å². The maximum atomic E-state index is 11.5. The van der Waals surface area contributed by atoms with Gasteiger partial charge in [0.15, 0.2) is 11.8 Å². The van der Waals surface area contributed by atoms with Crippen molar-refractivity contribution in [2.24, 2.45) is 0 Å². The zero-order valence-electron chi connectivity index (χ0n) is 10.0. The lowest BCUT2D eigenvalue weighted by Crippen LogP contribution is -2.47. The van der Waals surface area contributed by atoms with Gasteiger partial charge < -0.3 is 14.8 Å². The number of amides is 1. The van der Waals surface area contributed by atoms with Crippen LogP contribution in [0.5, 0.6) is 5.75 Å². The van der Waals surface area contributed by atoms with E-state index in [2.05, 4.69) is 10.1 Å². The quantitative estimate of drug-likeness (QED) is 0.635. The summed E-state index contributed by atoms with van der Waals surface area (Å²) >= 11 is 0. The van der Waals surface area contributed by atoms with Gasteiger partial charge in [-0.3, -0.25) is 4.79 Å². The Morgan fingerprint density at radius 3 is 2.28 bits per heavy atom. The van der Waals surface area contributed by atoms with Gasteiger partial charge in [-0.2, -0.15) is 0 Å². The fraction of sp³-hybridized carbons (Fsp3) is 0.250. The van der Waals surface area contributed by atoms with Crippen molar-refractivity contribution in [3.05, 3.63) is 30.3 Å². The van der Waals surface area contributed by atoms with Gasteiger partial charge >= 0.3 is 12.1 Å². The molecule has 1 unspecified atom stereocenters. The number of para-hydroxylation sites is 1. The molecule has 0 heterocycles. The van der Waals surface area contributed by atoms with Gasteiger partial charge in [-0.15, -0.1) is 0 Å². The van der Waals surface area contributed by atoms with E-state index in [1.54, 1.807) is 30.3 Å². The number of ketones is 1. The van der Waals surface area contributed by atoms with Crippen LogP contribution in [0.4, 0.5) is 4.79 Å². The molecule has 6 heteroatoms. The largest absolute Gasteiger partial charge is 0.467 e. The molecule has 6 nitrogen and oxygen atoms in total. The smallest absolute Gasteiger partial charge is 0.413 e. The molecule has 0 radical (unpaired) electrons. The van der Waals surface area contributed by atoms with Crippen LogP contribution < -0.4 is 10.1 Å². The Balaban J connectivity index is 2.62. The molecule has 1 N–H and O–H groups in total. The van der Waals surface area contributed by atoms with Crippen molar-refractivity contribution in [3.8, 4) is 5.75 Å². The van der Waals surface area contributed by atoms with Crippen molar-refractivity contribution >= 4 is 17.8 Å². The molecule has 0 saturated heterocycles. The van der Waals surface area contributed by atoms with Crippen LogP contribution in [0.25, 0.3) is 0 Å². The number of carbonyl (C=O) groups is 3. The molecule has 0 fully saturated rings. The lowest BCUT2D eigenvalue weighted by Gasteiger charge is -2.13. The number of hydrogen-bond donors (Lipinski definition) is 1. The van der Waals surface area contributed by atoms with E-state index in [-0.39, 0.29) is 0 Å². The van der Waals surface area contributed by atoms with Crippen LogP contribution in [0.2, 0.25) is 0 Å². The highest BCUT2D eigenvalue weighted by Gasteiger charge is 2.26. The van der Waals surface area contributed by atoms with Crippen molar-refractivity contribution in [1.29, 1.82) is 0 Å². The van der Waals surface area contributed by atoms with Crippen LogP contribution >= 0.6 is 0 Å². The summed E-state index contributed by atoms with van der Waals surface area (Å²) in [5.41, 5.74) is 0. The Labute approximate surface area is 104 Å². The van der Waals surface area contributed by atoms with Crippen LogP contribution in [0.3, 0.4) is 0 Å². The topological polar surface area (TPSA) is 81.7 Å². The molecule has 0 saturated carbocycles. The molecule has 0 aliphatic carbocycles. The molecule has 96 valence electrons. The highest BCUT2D eigenvalue weighted by atomic mass is 16.6. The van der Waals surface area contributed by atoms with Gasteiger partial charge in [-0.05, 0) is 19.1 Å². The first kappa shape index (κ1) is 13.7. The van der Waals surface area contributed by atoms with Gasteiger partial charge in [0.2, 0.25) is 0 Å². The van der Waals surface area contributed by atoms with Crippen molar-refractivity contribution in [2.45, 2.75) is 13.0 Å². The van der Waals surface area contributed by atoms with Gasteiger partial charge in [0.05, 0.1) is 7.11 Å². The second-order valence-electron chi connectivity index (χ2n) is 3.41. The Kier molecular flexibility index (Phi) is 4.86. The van der Waals surface area contributed by atoms with E-state index in [0.29, 0.717) is 5.75 Å². The zero-order chi connectivity index (χ0) is 13.5. The first-order chi connectivity index (χ1) is 8.54. The summed E-state index contributed by atoms with van der Waals surface area (Å²) < 4.78 is 9.27. The van der Waals surface area contributed by atoms with Crippen LogP contribution in [0.1, 0.15) is 6.92 Å². The van der Waals surface area contributed by atoms with E-state index in [0.717, 1.165) is 7.11 Å². The molecule has 1 aromatic rings. The molecule has 0 spiro atoms. The first-order valence-corrected chi connectivity index (χ1v) is 5.16. The van der Waals surface area contributed by atoms with Crippen molar-refractivity contribution in [2.75, 3.05) is 7.11 Å². The maximum Gasteiger partial charge on any atom is 0.413 e. The molecule has 0 aliphatic heterocycles. The third kappa shape index (κ3) is 3.89. The minimum atomic E-state index is -1.36. The number of ether oxygens (including phenoxy) is 2. The Hall–Kier alpha value is -2.37. The van der Waals surface area contributed by atoms with E-state index in [9.17, 15) is 14.4 Å². The summed E-state index contributed by atoms with van der Waals surface area (Å²) in [6.07, 6.45) is -0.896. The monoisotopic (exact) mass is 251 g/mol. The normalized spacial score (nSPS) is 11.2. The van der Waals surface area contributed by atoms with Crippen LogP contribution in [-0.4, -0.2) is 31.0 Å². The maximum absolute atomic E-state index is 11.5. The number of benzene rings is 1. The number of carbonyl (C=O) groups excluding carboxylic acids is 3. The summed E-state index contributed by atoms with van der Waals surface area (Å²) in [6.45, 7) is 1.17. The number of rotatable bonds is 4. The Bertz CT molecular complexity index is 443. The number of esters is 1. The Morgan fingerprint density at radius 1 is 1.17 bits per heavy atom. The zero-order valence-corrected chi connectivity index (χ0v) is 10.0. The molecule has 18 heavy (non-hydrogen) atoms. The van der Waals surface area contributed by atoms with Gasteiger partial charge in [-0.25, -0.2) is 9.59 Å². The minimum Gasteiger partial charge on any atom is -0.467 e. The third-order valence-electron chi connectivity index (χ3n) is 2.06. The third-order valence-corrected chi connectivity index (χ3v) is 2.06. The average molecular weight is 251 g/mol. The van der Waals surface area contributed by atoms with Gasteiger partial charge in [-0.1, -0.05) is 18.2 Å². The predicted octanol–water partition coefficient (Wildman–Crippen LogP) is 0.906. The van der Waals surface area contributed by atoms with Crippen LogP contribution in [-0.2, 0) is 14.3 Å². The molecular weight excluding hydrogens is 238 g/mol. The summed E-state index contributed by atoms with van der Waals surface area (Å²) in [5, 5.41) is 2.13. The molecule has 0 bridgehead atoms. The standard InChI is InChI=1S/C12H13NO5/c1-8(14)10(11(15)17-2)13-12(16)18-9-6-4-3-5-7-9/h3-7,10H,1-2H3,(H,13,16). The van der Waals surface area contributed by atoms with Crippen molar-refractivity contribution in [3.63, 3.8) is 0 Å². The number of nitrogens with one attached hydrogen (secondary N) is 1. The molecule has 1 amide bonds. The summed E-state index contributed by atoms with van der Waals surface area (Å²) in [4.78, 5) is 33.8. The molecule has 1 atom stereocenters. The highest BCUT2D eigenvalue weighted by Crippen LogP contribution is 2.08. The second-order valence-corrected chi connectivity index (χ2v) is 3.41. The number of methoxy groups -OCH3 is 1. The number of Topliss-reactive ketones (excluding diaryl/α,β-unsaturated/α-hetero) is 1. The lowest BCUT2D eigenvalue weighted by molar-refractivity contribution is -0.145. The lowest BCUT2D eigenvalue weighted by atomic mass is 10.2. The fourth-order valence-corrected chi connectivity index (χ4v) is 1.19. The minimum absolute atomic E-state index is 0.308. The number of hydrogen-bond acceptors (Lipinski definition) is 5. The summed E-state index contributed by atoms with van der Waals surface area (Å²) in [5.74, 6) is -1.07. The highest BCUT2D eigenvalue weighted by molar-refractivity contribution is 6.04. The van der Waals surface area contributed by atoms with Gasteiger partial charge in [0.1, 0.15) is 5.75 Å². The fourth-order valence-electron chi connectivity index (χ4n) is 1.19. The SMILES string of the molecule is COC(=O)C(NC(=O)Oc1ccccc1)C(C)=O. The first-order valence-electron chi connectivity index (χ1n) is 5.16. The predicted molar refractivity (Wildman–Crippen MR) is 62.1 cm³/mol. The van der Waals surface area contributed by atoms with Crippen molar-refractivity contribution < 1.29 is 23.9 Å². The van der Waals surface area contributed by atoms with E-state index in [1.807, 2.05) is 0 Å². The van der Waals surface area contributed by atoms with Gasteiger partial charge in [0, 0.05) is 0 Å². The van der Waals surface area contributed by atoms with E-state index < -0.39 is 23.9 Å². The molecular formula is C12H13NO5. The Morgan fingerprint density at radius 2 is 1.78 bits per heavy atom. The second kappa shape index (κ2) is 6.39. The summed E-state index contributed by atoms with van der Waals surface area (Å²) in [6, 6.07) is 6.92. The molecule has 0 aliphatic rings. The van der Waals surface area contributed by atoms with E-state index >= 15 is 0 Å². The summed E-state index contributed by atoms with van der Waals surface area (Å²) in [7, 11) is 1.13. The molecule has 1 rings (SSSR count). The van der Waals surface area contributed by atoms with Crippen LogP contribution in [0, 0.1) is 0 Å². The van der Waals surface area contributed by atoms with E-state index in [4.69, 9.17) is 4.74 Å². The molecule has 1 aromatic carbocycles.